The molecule has 0 saturated carbocycles. The van der Waals surface area contributed by atoms with Gasteiger partial charge < -0.3 is 9.47 Å². The summed E-state index contributed by atoms with van der Waals surface area (Å²) in [6.45, 7) is 0.314. The third-order valence-corrected chi connectivity index (χ3v) is 2.95. The summed E-state index contributed by atoms with van der Waals surface area (Å²) in [6.07, 6.45) is 1.67. The van der Waals surface area contributed by atoms with Crippen LogP contribution in [0.15, 0.2) is 12.4 Å². The molecule has 17 heavy (non-hydrogen) atoms. The lowest BCUT2D eigenvalue weighted by Crippen LogP contribution is -2.37. The lowest BCUT2D eigenvalue weighted by atomic mass is 10.0. The zero-order valence-electron chi connectivity index (χ0n) is 8.68. The fourth-order valence-electron chi connectivity index (χ4n) is 2.09. The van der Waals surface area contributed by atoms with Gasteiger partial charge in [-0.3, -0.25) is 19.6 Å². The van der Waals surface area contributed by atoms with Gasteiger partial charge >= 0.3 is 5.69 Å². The molecule has 3 heterocycles. The van der Waals surface area contributed by atoms with Gasteiger partial charge in [0.2, 0.25) is 6.29 Å². The normalized spacial score (nSPS) is 31.8. The molecule has 0 aliphatic carbocycles. The topological polar surface area (TPSA) is 96.5 Å². The largest absolute Gasteiger partial charge is 0.343 e. The number of carbonyl (C=O) groups excluding carboxylic acids is 1. The summed E-state index contributed by atoms with van der Waals surface area (Å²) >= 11 is 0. The van der Waals surface area contributed by atoms with E-state index in [1.54, 1.807) is 0 Å². The van der Waals surface area contributed by atoms with Crippen molar-refractivity contribution in [2.45, 2.75) is 24.9 Å². The van der Waals surface area contributed by atoms with Crippen LogP contribution in [0.5, 0.6) is 0 Å². The first-order valence-corrected chi connectivity index (χ1v) is 5.13. The second-order valence-electron chi connectivity index (χ2n) is 4.01. The van der Waals surface area contributed by atoms with Crippen LogP contribution < -0.4 is 0 Å². The predicted octanol–water partition coefficient (Wildman–Crippen LogP) is 0.0467. The summed E-state index contributed by atoms with van der Waals surface area (Å²) in [4.78, 5) is 21.6. The van der Waals surface area contributed by atoms with Crippen LogP contribution in [0.2, 0.25) is 0 Å². The zero-order valence-corrected chi connectivity index (χ0v) is 8.68. The van der Waals surface area contributed by atoms with Gasteiger partial charge in [0.25, 0.3) is 0 Å². The van der Waals surface area contributed by atoms with E-state index < -0.39 is 11.2 Å². The lowest BCUT2D eigenvalue weighted by Gasteiger charge is -2.26. The number of hydrogen-bond donors (Lipinski definition) is 0. The highest BCUT2D eigenvalue weighted by Crippen LogP contribution is 2.33. The molecule has 0 radical (unpaired) electrons. The molecule has 3 atom stereocenters. The van der Waals surface area contributed by atoms with Gasteiger partial charge in [-0.1, -0.05) is 0 Å². The van der Waals surface area contributed by atoms with E-state index in [0.717, 1.165) is 6.20 Å². The van der Waals surface area contributed by atoms with E-state index in [1.807, 2.05) is 0 Å². The Hall–Kier alpha value is -1.80. The highest BCUT2D eigenvalue weighted by Gasteiger charge is 2.44. The number of Topliss-reactive ketones (excluding diaryl/α,β-unsaturated/α-hetero) is 1. The van der Waals surface area contributed by atoms with Gasteiger partial charge in [0.05, 0.1) is 17.6 Å². The molecule has 2 aliphatic rings. The average molecular weight is 239 g/mol. The molecule has 2 bridgehead atoms. The summed E-state index contributed by atoms with van der Waals surface area (Å²) < 4.78 is 11.9. The standard InChI is InChI=1S/C9H9N3O5/c13-7-1-6(8-4-16-9(7)17-8)11-3-5(2-10-11)12(14)15/h2-3,6,8-9H,1,4H2/t6-,8+,9+/m0/s1. The maximum atomic E-state index is 11.6. The van der Waals surface area contributed by atoms with Crippen LogP contribution in [0.4, 0.5) is 5.69 Å². The molecule has 1 aromatic heterocycles. The van der Waals surface area contributed by atoms with Gasteiger partial charge in [-0.2, -0.15) is 5.10 Å². The van der Waals surface area contributed by atoms with Gasteiger partial charge in [0.1, 0.15) is 18.5 Å². The Labute approximate surface area is 95.3 Å². The van der Waals surface area contributed by atoms with Crippen LogP contribution in [0.3, 0.4) is 0 Å². The minimum atomic E-state index is -0.762. The molecule has 1 aromatic rings. The van der Waals surface area contributed by atoms with Crippen molar-refractivity contribution in [2.75, 3.05) is 6.61 Å². The Morgan fingerprint density at radius 2 is 2.41 bits per heavy atom. The minimum absolute atomic E-state index is 0.0986. The van der Waals surface area contributed by atoms with E-state index in [2.05, 4.69) is 5.10 Å². The summed E-state index contributed by atoms with van der Waals surface area (Å²) in [7, 11) is 0. The number of fused-ring (bicyclic) bond motifs is 2. The number of aromatic nitrogens is 2. The zero-order chi connectivity index (χ0) is 12.0. The Bertz CT molecular complexity index is 485. The summed E-state index contributed by atoms with van der Waals surface area (Å²) in [5.74, 6) is -0.151. The molecular formula is C9H9N3O5. The molecule has 3 rings (SSSR count). The van der Waals surface area contributed by atoms with Gasteiger partial charge in [0.15, 0.2) is 5.78 Å². The second-order valence-corrected chi connectivity index (χ2v) is 4.01. The van der Waals surface area contributed by atoms with Gasteiger partial charge in [-0.05, 0) is 0 Å². The molecule has 0 N–H and O–H groups in total. The first-order valence-electron chi connectivity index (χ1n) is 5.13. The number of carbonyl (C=O) groups is 1. The SMILES string of the molecule is O=C1C[C@H](n2cc([N+](=O)[O-])cn2)[C@H]2CO[C@@H]1O2. The molecule has 8 nitrogen and oxygen atoms in total. The first kappa shape index (κ1) is 10.4. The van der Waals surface area contributed by atoms with Crippen molar-refractivity contribution < 1.29 is 19.2 Å². The average Bonchev–Trinajstić information content (AvgIpc) is 2.93. The fraction of sp³-hybridized carbons (Fsp3) is 0.556. The first-order chi connectivity index (χ1) is 8.15. The van der Waals surface area contributed by atoms with Crippen LogP contribution in [-0.4, -0.2) is 39.5 Å². The fourth-order valence-corrected chi connectivity index (χ4v) is 2.09. The van der Waals surface area contributed by atoms with E-state index in [1.165, 1.54) is 10.9 Å². The molecule has 2 aliphatic heterocycles. The minimum Gasteiger partial charge on any atom is -0.343 e. The third-order valence-electron chi connectivity index (χ3n) is 2.95. The molecule has 0 aromatic carbocycles. The van der Waals surface area contributed by atoms with E-state index >= 15 is 0 Å². The molecule has 2 fully saturated rings. The second kappa shape index (κ2) is 3.60. The monoisotopic (exact) mass is 239 g/mol. The van der Waals surface area contributed by atoms with Crippen LogP contribution >= 0.6 is 0 Å². The lowest BCUT2D eigenvalue weighted by molar-refractivity contribution is -0.385. The number of hydrogen-bond acceptors (Lipinski definition) is 6. The van der Waals surface area contributed by atoms with Crippen molar-refractivity contribution in [3.63, 3.8) is 0 Å². The number of rotatable bonds is 2. The van der Waals surface area contributed by atoms with Crippen molar-refractivity contribution in [2.24, 2.45) is 0 Å². The molecule has 90 valence electrons. The van der Waals surface area contributed by atoms with E-state index in [4.69, 9.17) is 9.47 Å². The van der Waals surface area contributed by atoms with Crippen LogP contribution in [-0.2, 0) is 14.3 Å². The Kier molecular flexibility index (Phi) is 2.20. The highest BCUT2D eigenvalue weighted by molar-refractivity contribution is 5.83. The molecule has 2 saturated heterocycles. The summed E-state index contributed by atoms with van der Waals surface area (Å²) in [5.41, 5.74) is -0.0986. The van der Waals surface area contributed by atoms with Crippen molar-refractivity contribution in [1.29, 1.82) is 0 Å². The number of nitrogens with zero attached hydrogens (tertiary/aromatic N) is 3. The maximum Gasteiger partial charge on any atom is 0.307 e. The number of nitro groups is 1. The Morgan fingerprint density at radius 3 is 3.12 bits per heavy atom. The van der Waals surface area contributed by atoms with Gasteiger partial charge in [-0.25, -0.2) is 0 Å². The Morgan fingerprint density at radius 1 is 1.59 bits per heavy atom. The molecule has 0 amide bonds. The maximum absolute atomic E-state index is 11.6. The van der Waals surface area contributed by atoms with Crippen LogP contribution in [0.25, 0.3) is 0 Å². The number of ether oxygens (including phenoxy) is 2. The predicted molar refractivity (Wildman–Crippen MR) is 52.2 cm³/mol. The smallest absolute Gasteiger partial charge is 0.307 e. The molecular weight excluding hydrogens is 230 g/mol. The van der Waals surface area contributed by atoms with E-state index in [0.29, 0.717) is 6.61 Å². The van der Waals surface area contributed by atoms with Crippen molar-refractivity contribution >= 4 is 11.5 Å². The van der Waals surface area contributed by atoms with Crippen molar-refractivity contribution in [1.82, 2.24) is 9.78 Å². The summed E-state index contributed by atoms with van der Waals surface area (Å²) in [6, 6.07) is -0.324. The molecule has 0 spiro atoms. The molecule has 0 unspecified atom stereocenters. The Balaban J connectivity index is 1.87. The van der Waals surface area contributed by atoms with Crippen LogP contribution in [0.1, 0.15) is 12.5 Å². The van der Waals surface area contributed by atoms with Gasteiger partial charge in [0, 0.05) is 6.42 Å². The number of ketones is 1. The molecule has 8 heteroatoms. The van der Waals surface area contributed by atoms with Crippen molar-refractivity contribution in [3.8, 4) is 0 Å². The summed E-state index contributed by atoms with van der Waals surface area (Å²) in [5, 5.41) is 14.4. The van der Waals surface area contributed by atoms with Crippen LogP contribution in [0, 0.1) is 10.1 Å². The highest BCUT2D eigenvalue weighted by atomic mass is 16.7. The quantitative estimate of drug-likeness (QED) is 0.534. The van der Waals surface area contributed by atoms with E-state index in [9.17, 15) is 14.9 Å². The van der Waals surface area contributed by atoms with Crippen molar-refractivity contribution in [3.05, 3.63) is 22.5 Å². The van der Waals surface area contributed by atoms with E-state index in [-0.39, 0.29) is 30.0 Å². The third kappa shape index (κ3) is 1.61. The van der Waals surface area contributed by atoms with Gasteiger partial charge in [-0.15, -0.1) is 0 Å².